The molecule has 0 aliphatic carbocycles. The summed E-state index contributed by atoms with van der Waals surface area (Å²) in [5, 5.41) is 8.60. The van der Waals surface area contributed by atoms with Gasteiger partial charge in [0.1, 0.15) is 10.8 Å². The van der Waals surface area contributed by atoms with Crippen molar-refractivity contribution < 1.29 is 0 Å². The molecule has 3 nitrogen and oxygen atoms in total. The van der Waals surface area contributed by atoms with Crippen LogP contribution in [0.5, 0.6) is 0 Å². The Morgan fingerprint density at radius 3 is 2.67 bits per heavy atom. The molecule has 5 heteroatoms. The lowest BCUT2D eigenvalue weighted by Crippen LogP contribution is -1.92. The molecule has 1 aromatic heterocycles. The minimum absolute atomic E-state index is 0.439. The van der Waals surface area contributed by atoms with Gasteiger partial charge in [-0.25, -0.2) is 0 Å². The van der Waals surface area contributed by atoms with Crippen molar-refractivity contribution in [3.8, 4) is 0 Å². The molecule has 0 atom stereocenters. The van der Waals surface area contributed by atoms with Crippen LogP contribution in [0.25, 0.3) is 0 Å². The zero-order valence-corrected chi connectivity index (χ0v) is 10.1. The number of nitrogens with two attached hydrogens (primary N) is 1. The topological polar surface area (TPSA) is 51.8 Å². The molecule has 76 valence electrons. The minimum atomic E-state index is 0.439. The zero-order chi connectivity index (χ0) is 10.7. The molecule has 1 heterocycles. The van der Waals surface area contributed by atoms with Crippen LogP contribution in [-0.4, -0.2) is 10.2 Å². The fourth-order valence-electron chi connectivity index (χ4n) is 1.04. The number of rotatable bonds is 2. The van der Waals surface area contributed by atoms with E-state index < -0.39 is 0 Å². The van der Waals surface area contributed by atoms with Crippen molar-refractivity contribution in [3.63, 3.8) is 0 Å². The third-order valence-electron chi connectivity index (χ3n) is 1.68. The summed E-state index contributed by atoms with van der Waals surface area (Å²) in [7, 11) is 0. The van der Waals surface area contributed by atoms with Crippen LogP contribution in [0.1, 0.15) is 0 Å². The molecule has 1 aromatic carbocycles. The maximum absolute atomic E-state index is 5.45. The van der Waals surface area contributed by atoms with Crippen LogP contribution in [0.2, 0.25) is 0 Å². The van der Waals surface area contributed by atoms with Gasteiger partial charge in [-0.1, -0.05) is 33.8 Å². The van der Waals surface area contributed by atoms with Gasteiger partial charge in [0, 0.05) is 9.37 Å². The van der Waals surface area contributed by atoms with E-state index in [9.17, 15) is 0 Å². The van der Waals surface area contributed by atoms with Gasteiger partial charge in [0.25, 0.3) is 0 Å². The summed E-state index contributed by atoms with van der Waals surface area (Å²) in [4.78, 5) is 1.11. The Hall–Kier alpha value is -1.07. The lowest BCUT2D eigenvalue weighted by atomic mass is 10.4. The molecular formula is C10H8BrN3S. The van der Waals surface area contributed by atoms with Gasteiger partial charge < -0.3 is 5.73 Å². The average molecular weight is 282 g/mol. The molecule has 0 aliphatic heterocycles. The Morgan fingerprint density at radius 2 is 2.00 bits per heavy atom. The van der Waals surface area contributed by atoms with Crippen molar-refractivity contribution >= 4 is 33.5 Å². The third-order valence-corrected chi connectivity index (χ3v) is 3.09. The molecule has 0 saturated carbocycles. The Kier molecular flexibility index (Phi) is 3.23. The summed E-state index contributed by atoms with van der Waals surface area (Å²) >= 11 is 4.97. The summed E-state index contributed by atoms with van der Waals surface area (Å²) in [6.45, 7) is 0. The van der Waals surface area contributed by atoms with Crippen molar-refractivity contribution in [3.05, 3.63) is 40.9 Å². The highest BCUT2D eigenvalue weighted by atomic mass is 79.9. The van der Waals surface area contributed by atoms with Crippen LogP contribution in [0, 0.1) is 0 Å². The molecule has 2 rings (SSSR count). The first kappa shape index (κ1) is 10.4. The van der Waals surface area contributed by atoms with Crippen LogP contribution in [0.15, 0.2) is 50.8 Å². The van der Waals surface area contributed by atoms with E-state index in [2.05, 4.69) is 26.1 Å². The molecule has 0 bridgehead atoms. The van der Waals surface area contributed by atoms with Gasteiger partial charge in [-0.3, -0.25) is 0 Å². The van der Waals surface area contributed by atoms with Crippen LogP contribution in [0.3, 0.4) is 0 Å². The zero-order valence-electron chi connectivity index (χ0n) is 7.72. The van der Waals surface area contributed by atoms with Gasteiger partial charge >= 0.3 is 0 Å². The Balaban J connectivity index is 2.18. The second-order valence-electron chi connectivity index (χ2n) is 2.86. The molecule has 0 radical (unpaired) electrons. The molecule has 0 saturated heterocycles. The lowest BCUT2D eigenvalue weighted by Gasteiger charge is -2.00. The normalized spacial score (nSPS) is 10.2. The average Bonchev–Trinajstić information content (AvgIpc) is 2.22. The summed E-state index contributed by atoms with van der Waals surface area (Å²) in [6, 6.07) is 11.6. The fourth-order valence-corrected chi connectivity index (χ4v) is 2.38. The molecule has 0 unspecified atom stereocenters. The summed E-state index contributed by atoms with van der Waals surface area (Å²) < 4.78 is 1.05. The van der Waals surface area contributed by atoms with E-state index in [0.29, 0.717) is 5.82 Å². The number of benzene rings is 1. The molecule has 2 aromatic rings. The van der Waals surface area contributed by atoms with E-state index in [4.69, 9.17) is 5.73 Å². The number of nitrogens with zero attached hydrogens (tertiary/aromatic N) is 2. The fraction of sp³-hybridized carbons (Fsp3) is 0. The van der Waals surface area contributed by atoms with E-state index in [1.165, 1.54) is 0 Å². The van der Waals surface area contributed by atoms with E-state index in [1.54, 1.807) is 17.8 Å². The predicted molar refractivity (Wildman–Crippen MR) is 64.7 cm³/mol. The van der Waals surface area contributed by atoms with Crippen LogP contribution >= 0.6 is 27.7 Å². The number of aromatic nitrogens is 2. The predicted octanol–water partition coefficient (Wildman–Crippen LogP) is 2.97. The quantitative estimate of drug-likeness (QED) is 0.920. The van der Waals surface area contributed by atoms with E-state index in [0.717, 1.165) is 14.4 Å². The monoisotopic (exact) mass is 281 g/mol. The first-order valence-electron chi connectivity index (χ1n) is 4.27. The highest BCUT2D eigenvalue weighted by Crippen LogP contribution is 2.27. The molecule has 0 amide bonds. The van der Waals surface area contributed by atoms with Crippen LogP contribution in [-0.2, 0) is 0 Å². The number of halogens is 1. The maximum Gasteiger partial charge on any atom is 0.146 e. The smallest absolute Gasteiger partial charge is 0.146 e. The van der Waals surface area contributed by atoms with Crippen LogP contribution in [0.4, 0.5) is 5.82 Å². The molecule has 2 N–H and O–H groups in total. The van der Waals surface area contributed by atoms with Crippen molar-refractivity contribution in [1.82, 2.24) is 10.2 Å². The largest absolute Gasteiger partial charge is 0.382 e. The Labute approximate surface area is 100 Å². The van der Waals surface area contributed by atoms with E-state index >= 15 is 0 Å². The number of anilines is 1. The van der Waals surface area contributed by atoms with Gasteiger partial charge in [0.05, 0.1) is 0 Å². The first-order valence-corrected chi connectivity index (χ1v) is 5.87. The second-order valence-corrected chi connectivity index (χ2v) is 4.87. The highest BCUT2D eigenvalue weighted by Gasteiger charge is 1.99. The molecule has 0 aliphatic rings. The molecule has 0 fully saturated rings. The molecule has 15 heavy (non-hydrogen) atoms. The number of hydrogen-bond acceptors (Lipinski definition) is 4. The summed E-state index contributed by atoms with van der Waals surface area (Å²) in [5.74, 6) is 0.439. The first-order chi connectivity index (χ1) is 7.24. The van der Waals surface area contributed by atoms with Crippen molar-refractivity contribution in [2.75, 3.05) is 5.73 Å². The number of nitrogen functional groups attached to an aromatic ring is 1. The van der Waals surface area contributed by atoms with Crippen molar-refractivity contribution in [2.24, 2.45) is 0 Å². The van der Waals surface area contributed by atoms with Gasteiger partial charge in [-0.05, 0) is 30.3 Å². The van der Waals surface area contributed by atoms with Gasteiger partial charge in [-0.15, -0.1) is 10.2 Å². The third kappa shape index (κ3) is 2.94. The second kappa shape index (κ2) is 4.63. The van der Waals surface area contributed by atoms with Crippen molar-refractivity contribution in [1.29, 1.82) is 0 Å². The van der Waals surface area contributed by atoms with Gasteiger partial charge in [0.2, 0.25) is 0 Å². The van der Waals surface area contributed by atoms with Crippen LogP contribution < -0.4 is 5.73 Å². The van der Waals surface area contributed by atoms with Gasteiger partial charge in [0.15, 0.2) is 0 Å². The van der Waals surface area contributed by atoms with E-state index in [-0.39, 0.29) is 0 Å². The molecule has 0 spiro atoms. The molecular weight excluding hydrogens is 274 g/mol. The standard InChI is InChI=1S/C10H8BrN3S/c11-7-2-1-3-8(6-7)15-10-5-4-9(12)13-14-10/h1-6H,(H2,12,13). The van der Waals surface area contributed by atoms with Gasteiger partial charge in [-0.2, -0.15) is 0 Å². The summed E-state index contributed by atoms with van der Waals surface area (Å²) in [6.07, 6.45) is 0. The van der Waals surface area contributed by atoms with Crippen molar-refractivity contribution in [2.45, 2.75) is 9.92 Å². The van der Waals surface area contributed by atoms with E-state index in [1.807, 2.05) is 30.3 Å². The Bertz CT molecular complexity index is 458. The minimum Gasteiger partial charge on any atom is -0.382 e. The lowest BCUT2D eigenvalue weighted by molar-refractivity contribution is 0.939. The Morgan fingerprint density at radius 1 is 1.13 bits per heavy atom. The maximum atomic E-state index is 5.45. The number of hydrogen-bond donors (Lipinski definition) is 1. The summed E-state index contributed by atoms with van der Waals surface area (Å²) in [5.41, 5.74) is 5.45. The SMILES string of the molecule is Nc1ccc(Sc2cccc(Br)c2)nn1. The highest BCUT2D eigenvalue weighted by molar-refractivity contribution is 9.10.